The topological polar surface area (TPSA) is 56.1 Å². The maximum absolute atomic E-state index is 11.0. The van der Waals surface area contributed by atoms with Gasteiger partial charge in [0, 0.05) is 18.2 Å². The molecule has 3 rings (SSSR count). The van der Waals surface area contributed by atoms with Crippen LogP contribution in [0.1, 0.15) is 18.2 Å². The molecule has 1 aromatic heterocycles. The number of rotatable bonds is 5. The first kappa shape index (κ1) is 17.0. The number of carbonyl (C=O) groups excluding carboxylic acids is 1. The first-order valence-electron chi connectivity index (χ1n) is 7.84. The zero-order valence-corrected chi connectivity index (χ0v) is 14.7. The molecule has 0 aliphatic heterocycles. The molecule has 0 saturated carbocycles. The second-order valence-electron chi connectivity index (χ2n) is 5.60. The number of aryl methyl sites for hydroxylation is 1. The van der Waals surface area contributed by atoms with Crippen LogP contribution in [0.2, 0.25) is 5.15 Å². The average molecular weight is 356 g/mol. The van der Waals surface area contributed by atoms with Gasteiger partial charge in [-0.1, -0.05) is 29.8 Å². The number of anilines is 1. The van der Waals surface area contributed by atoms with E-state index >= 15 is 0 Å². The van der Waals surface area contributed by atoms with Gasteiger partial charge in [0.25, 0.3) is 0 Å². The van der Waals surface area contributed by atoms with Gasteiger partial charge < -0.3 is 10.1 Å². The Hall–Kier alpha value is -2.79. The first-order valence-corrected chi connectivity index (χ1v) is 8.22. The zero-order chi connectivity index (χ0) is 17.8. The van der Waals surface area contributed by atoms with Crippen molar-refractivity contribution < 1.29 is 9.53 Å². The lowest BCUT2D eigenvalue weighted by Crippen LogP contribution is -2.05. The number of para-hydroxylation sites is 1. The van der Waals surface area contributed by atoms with Crippen LogP contribution in [-0.2, 0) is 11.4 Å². The molecule has 0 atom stereocenters. The summed E-state index contributed by atoms with van der Waals surface area (Å²) in [6.07, 6.45) is 0. The van der Waals surface area contributed by atoms with E-state index in [-0.39, 0.29) is 5.91 Å². The third-order valence-electron chi connectivity index (χ3n) is 3.68. The van der Waals surface area contributed by atoms with Crippen LogP contribution in [-0.4, -0.2) is 15.7 Å². The Kier molecular flexibility index (Phi) is 5.05. The molecule has 0 radical (unpaired) electrons. The molecular weight excluding hydrogens is 338 g/mol. The highest BCUT2D eigenvalue weighted by molar-refractivity contribution is 6.30. The lowest BCUT2D eigenvalue weighted by molar-refractivity contribution is -0.114. The van der Waals surface area contributed by atoms with E-state index in [1.165, 1.54) is 6.92 Å². The van der Waals surface area contributed by atoms with Crippen molar-refractivity contribution in [3.8, 4) is 11.4 Å². The fraction of sp³-hybridized carbons (Fsp3) is 0.158. The Labute approximate surface area is 151 Å². The van der Waals surface area contributed by atoms with Gasteiger partial charge in [-0.25, -0.2) is 4.68 Å². The molecule has 0 spiro atoms. The molecule has 0 saturated heterocycles. The number of halogens is 1. The standard InChI is InChI=1S/C19H18ClN3O2/c1-13-18(19(20)23(22-13)16-6-4-3-5-7-16)12-25-17-10-8-15(9-11-17)21-14(2)24/h3-11H,12H2,1-2H3,(H,21,24). The maximum atomic E-state index is 11.0. The normalized spacial score (nSPS) is 10.5. The number of nitrogens with zero attached hydrogens (tertiary/aromatic N) is 2. The van der Waals surface area contributed by atoms with Crippen molar-refractivity contribution in [2.24, 2.45) is 0 Å². The fourth-order valence-electron chi connectivity index (χ4n) is 2.43. The van der Waals surface area contributed by atoms with E-state index in [1.54, 1.807) is 28.9 Å². The van der Waals surface area contributed by atoms with Crippen LogP contribution in [0.25, 0.3) is 5.69 Å². The van der Waals surface area contributed by atoms with E-state index in [4.69, 9.17) is 16.3 Å². The number of amides is 1. The Morgan fingerprint density at radius 3 is 2.48 bits per heavy atom. The van der Waals surface area contributed by atoms with E-state index in [0.717, 1.165) is 22.6 Å². The number of nitrogens with one attached hydrogen (secondary N) is 1. The molecule has 1 heterocycles. The summed E-state index contributed by atoms with van der Waals surface area (Å²) >= 11 is 6.49. The van der Waals surface area contributed by atoms with Gasteiger partial charge in [-0.3, -0.25) is 4.79 Å². The van der Waals surface area contributed by atoms with Crippen molar-refractivity contribution in [1.29, 1.82) is 0 Å². The average Bonchev–Trinajstić information content (AvgIpc) is 2.89. The summed E-state index contributed by atoms with van der Waals surface area (Å²) in [6.45, 7) is 3.69. The second kappa shape index (κ2) is 7.40. The second-order valence-corrected chi connectivity index (χ2v) is 5.95. The summed E-state index contributed by atoms with van der Waals surface area (Å²) in [5, 5.41) is 7.75. The number of hydrogen-bond donors (Lipinski definition) is 1. The van der Waals surface area contributed by atoms with Gasteiger partial charge in [-0.05, 0) is 43.3 Å². The van der Waals surface area contributed by atoms with Gasteiger partial charge in [0.15, 0.2) is 0 Å². The van der Waals surface area contributed by atoms with Crippen molar-refractivity contribution in [3.63, 3.8) is 0 Å². The molecule has 5 nitrogen and oxygen atoms in total. The third kappa shape index (κ3) is 4.00. The van der Waals surface area contributed by atoms with Crippen LogP contribution < -0.4 is 10.1 Å². The quantitative estimate of drug-likeness (QED) is 0.739. The SMILES string of the molecule is CC(=O)Nc1ccc(OCc2c(C)nn(-c3ccccc3)c2Cl)cc1. The molecule has 128 valence electrons. The Morgan fingerprint density at radius 1 is 1.16 bits per heavy atom. The predicted octanol–water partition coefficient (Wildman–Crippen LogP) is 4.37. The Morgan fingerprint density at radius 2 is 1.84 bits per heavy atom. The predicted molar refractivity (Wildman–Crippen MR) is 98.4 cm³/mol. The van der Waals surface area contributed by atoms with Crippen LogP contribution in [0.5, 0.6) is 5.75 Å². The molecule has 2 aromatic carbocycles. The highest BCUT2D eigenvalue weighted by atomic mass is 35.5. The molecule has 0 aliphatic rings. The minimum atomic E-state index is -0.107. The summed E-state index contributed by atoms with van der Waals surface area (Å²) in [5.74, 6) is 0.585. The maximum Gasteiger partial charge on any atom is 0.221 e. The van der Waals surface area contributed by atoms with Crippen molar-refractivity contribution in [2.75, 3.05) is 5.32 Å². The first-order chi connectivity index (χ1) is 12.0. The highest BCUT2D eigenvalue weighted by Gasteiger charge is 2.15. The Balaban J connectivity index is 1.73. The molecule has 1 amide bonds. The monoisotopic (exact) mass is 355 g/mol. The molecule has 1 N–H and O–H groups in total. The fourth-order valence-corrected chi connectivity index (χ4v) is 2.76. The van der Waals surface area contributed by atoms with E-state index in [0.29, 0.717) is 17.5 Å². The van der Waals surface area contributed by atoms with Crippen molar-refractivity contribution in [1.82, 2.24) is 9.78 Å². The molecule has 0 aliphatic carbocycles. The third-order valence-corrected chi connectivity index (χ3v) is 4.07. The van der Waals surface area contributed by atoms with E-state index < -0.39 is 0 Å². The largest absolute Gasteiger partial charge is 0.489 e. The molecule has 3 aromatic rings. The van der Waals surface area contributed by atoms with Crippen molar-refractivity contribution >= 4 is 23.2 Å². The van der Waals surface area contributed by atoms with Crippen LogP contribution in [0.15, 0.2) is 54.6 Å². The smallest absolute Gasteiger partial charge is 0.221 e. The number of benzene rings is 2. The molecule has 0 unspecified atom stereocenters. The molecule has 25 heavy (non-hydrogen) atoms. The molecular formula is C19H18ClN3O2. The summed E-state index contributed by atoms with van der Waals surface area (Å²) in [4.78, 5) is 11.0. The van der Waals surface area contributed by atoms with E-state index in [2.05, 4.69) is 10.4 Å². The number of ether oxygens (including phenoxy) is 1. The lowest BCUT2D eigenvalue weighted by Gasteiger charge is -2.08. The number of aromatic nitrogens is 2. The van der Waals surface area contributed by atoms with Gasteiger partial charge in [0.05, 0.1) is 11.4 Å². The zero-order valence-electron chi connectivity index (χ0n) is 14.0. The van der Waals surface area contributed by atoms with Crippen LogP contribution in [0.4, 0.5) is 5.69 Å². The number of hydrogen-bond acceptors (Lipinski definition) is 3. The van der Waals surface area contributed by atoms with Crippen molar-refractivity contribution in [3.05, 3.63) is 71.0 Å². The minimum absolute atomic E-state index is 0.107. The van der Waals surface area contributed by atoms with E-state index in [9.17, 15) is 4.79 Å². The number of carbonyl (C=O) groups is 1. The molecule has 0 fully saturated rings. The van der Waals surface area contributed by atoms with Gasteiger partial charge in [-0.2, -0.15) is 5.10 Å². The molecule has 6 heteroatoms. The minimum Gasteiger partial charge on any atom is -0.489 e. The summed E-state index contributed by atoms with van der Waals surface area (Å²) in [6, 6.07) is 16.9. The lowest BCUT2D eigenvalue weighted by atomic mass is 10.2. The molecule has 0 bridgehead atoms. The summed E-state index contributed by atoms with van der Waals surface area (Å²) in [5.41, 5.74) is 3.30. The van der Waals surface area contributed by atoms with Gasteiger partial charge in [-0.15, -0.1) is 0 Å². The summed E-state index contributed by atoms with van der Waals surface area (Å²) < 4.78 is 7.52. The summed E-state index contributed by atoms with van der Waals surface area (Å²) in [7, 11) is 0. The van der Waals surface area contributed by atoms with Gasteiger partial charge in [0.2, 0.25) is 5.91 Å². The highest BCUT2D eigenvalue weighted by Crippen LogP contribution is 2.25. The van der Waals surface area contributed by atoms with Crippen LogP contribution in [0, 0.1) is 6.92 Å². The van der Waals surface area contributed by atoms with E-state index in [1.807, 2.05) is 37.3 Å². The van der Waals surface area contributed by atoms with Crippen LogP contribution in [0.3, 0.4) is 0 Å². The van der Waals surface area contributed by atoms with Crippen molar-refractivity contribution in [2.45, 2.75) is 20.5 Å². The Bertz CT molecular complexity index is 874. The van der Waals surface area contributed by atoms with Gasteiger partial charge >= 0.3 is 0 Å². The van der Waals surface area contributed by atoms with Gasteiger partial charge in [0.1, 0.15) is 17.5 Å². The van der Waals surface area contributed by atoms with Crippen LogP contribution >= 0.6 is 11.6 Å².